The number of rotatable bonds is 5. The van der Waals surface area contributed by atoms with E-state index in [1.54, 1.807) is 16.4 Å². The molecule has 158 valence electrons. The summed E-state index contributed by atoms with van der Waals surface area (Å²) in [6, 6.07) is 7.20. The Labute approximate surface area is 186 Å². The molecular weight excluding hydrogens is 487 g/mol. The van der Waals surface area contributed by atoms with E-state index in [0.717, 1.165) is 44.0 Å². The molecule has 1 N–H and O–H groups in total. The first-order chi connectivity index (χ1) is 13.0. The standard InChI is InChI=1S/C20H32N4O2S.HI/c1-3-21-20(23-12-6-7-17(2)16-23)22-15-18-8-10-19(11-9-18)27(25,26)24-13-4-5-14-24;/h8-11,17H,3-7,12-16H2,1-2H3,(H,21,22);1H. The maximum Gasteiger partial charge on any atom is 0.243 e. The van der Waals surface area contributed by atoms with Crippen LogP contribution in [0.4, 0.5) is 0 Å². The number of benzene rings is 1. The van der Waals surface area contributed by atoms with Gasteiger partial charge in [0.25, 0.3) is 0 Å². The lowest BCUT2D eigenvalue weighted by atomic mass is 10.0. The van der Waals surface area contributed by atoms with Crippen molar-refractivity contribution in [1.29, 1.82) is 0 Å². The number of sulfonamides is 1. The normalized spacial score (nSPS) is 21.4. The molecular formula is C20H33IN4O2S. The third-order valence-electron chi connectivity index (χ3n) is 5.33. The smallest absolute Gasteiger partial charge is 0.243 e. The zero-order valence-corrected chi connectivity index (χ0v) is 20.1. The van der Waals surface area contributed by atoms with E-state index in [2.05, 4.69) is 24.1 Å². The van der Waals surface area contributed by atoms with Crippen LogP contribution in [0.15, 0.2) is 34.2 Å². The summed E-state index contributed by atoms with van der Waals surface area (Å²) < 4.78 is 26.8. The zero-order valence-electron chi connectivity index (χ0n) is 16.9. The van der Waals surface area contributed by atoms with E-state index in [9.17, 15) is 8.42 Å². The minimum absolute atomic E-state index is 0. The molecule has 1 aromatic carbocycles. The fourth-order valence-electron chi connectivity index (χ4n) is 3.82. The average Bonchev–Trinajstić information content (AvgIpc) is 3.21. The summed E-state index contributed by atoms with van der Waals surface area (Å²) in [6.07, 6.45) is 4.39. The lowest BCUT2D eigenvalue weighted by Crippen LogP contribution is -2.46. The van der Waals surface area contributed by atoms with Crippen LogP contribution >= 0.6 is 24.0 Å². The molecule has 6 nitrogen and oxygen atoms in total. The monoisotopic (exact) mass is 520 g/mol. The number of hydrogen-bond donors (Lipinski definition) is 1. The first-order valence-corrected chi connectivity index (χ1v) is 11.6. The van der Waals surface area contributed by atoms with Crippen molar-refractivity contribution in [1.82, 2.24) is 14.5 Å². The number of halogens is 1. The van der Waals surface area contributed by atoms with Crippen LogP contribution < -0.4 is 5.32 Å². The van der Waals surface area contributed by atoms with Gasteiger partial charge < -0.3 is 10.2 Å². The van der Waals surface area contributed by atoms with Gasteiger partial charge in [0.1, 0.15) is 0 Å². The highest BCUT2D eigenvalue weighted by molar-refractivity contribution is 14.0. The summed E-state index contributed by atoms with van der Waals surface area (Å²) in [5.41, 5.74) is 1.02. The fourth-order valence-corrected chi connectivity index (χ4v) is 5.34. The van der Waals surface area contributed by atoms with Gasteiger partial charge in [0, 0.05) is 32.7 Å². The Kier molecular flexibility index (Phi) is 9.01. The van der Waals surface area contributed by atoms with Crippen LogP contribution in [0.1, 0.15) is 45.1 Å². The molecule has 1 atom stereocenters. The Balaban J connectivity index is 0.00000280. The van der Waals surface area contributed by atoms with Gasteiger partial charge in [-0.15, -0.1) is 24.0 Å². The number of piperidine rings is 1. The molecule has 0 bridgehead atoms. The summed E-state index contributed by atoms with van der Waals surface area (Å²) in [6.45, 7) is 9.12. The minimum atomic E-state index is -3.34. The van der Waals surface area contributed by atoms with Crippen molar-refractivity contribution in [3.05, 3.63) is 29.8 Å². The van der Waals surface area contributed by atoms with E-state index >= 15 is 0 Å². The Bertz CT molecular complexity index is 746. The predicted molar refractivity (Wildman–Crippen MR) is 125 cm³/mol. The predicted octanol–water partition coefficient (Wildman–Crippen LogP) is 3.29. The maximum absolute atomic E-state index is 12.6. The fraction of sp³-hybridized carbons (Fsp3) is 0.650. The van der Waals surface area contributed by atoms with Crippen LogP contribution in [0.25, 0.3) is 0 Å². The molecule has 2 heterocycles. The number of aliphatic imine (C=N–C) groups is 1. The topological polar surface area (TPSA) is 65.0 Å². The number of guanidine groups is 1. The van der Waals surface area contributed by atoms with Crippen LogP contribution in [-0.4, -0.2) is 56.3 Å². The SMILES string of the molecule is CCNC(=NCc1ccc(S(=O)(=O)N2CCCC2)cc1)N1CCCC(C)C1.I. The maximum atomic E-state index is 12.6. The van der Waals surface area contributed by atoms with E-state index < -0.39 is 10.0 Å². The number of hydrogen-bond acceptors (Lipinski definition) is 3. The van der Waals surface area contributed by atoms with Crippen molar-refractivity contribution in [2.24, 2.45) is 10.9 Å². The van der Waals surface area contributed by atoms with Gasteiger partial charge >= 0.3 is 0 Å². The molecule has 0 amide bonds. The highest BCUT2D eigenvalue weighted by atomic mass is 127. The second kappa shape index (κ2) is 10.8. The summed E-state index contributed by atoms with van der Waals surface area (Å²) in [7, 11) is -3.34. The molecule has 0 saturated carbocycles. The average molecular weight is 520 g/mol. The van der Waals surface area contributed by atoms with E-state index in [1.807, 2.05) is 12.1 Å². The van der Waals surface area contributed by atoms with Crippen molar-refractivity contribution in [2.75, 3.05) is 32.7 Å². The highest BCUT2D eigenvalue weighted by Crippen LogP contribution is 2.21. The van der Waals surface area contributed by atoms with Crippen LogP contribution in [0, 0.1) is 5.92 Å². The van der Waals surface area contributed by atoms with Gasteiger partial charge in [0.2, 0.25) is 10.0 Å². The first kappa shape index (κ1) is 23.4. The Morgan fingerprint density at radius 1 is 1.14 bits per heavy atom. The summed E-state index contributed by atoms with van der Waals surface area (Å²) in [5.74, 6) is 1.65. The zero-order chi connectivity index (χ0) is 19.3. The molecule has 2 fully saturated rings. The number of nitrogens with zero attached hydrogens (tertiary/aromatic N) is 3. The molecule has 0 aliphatic carbocycles. The van der Waals surface area contributed by atoms with Crippen LogP contribution in [0.2, 0.25) is 0 Å². The quantitative estimate of drug-likeness (QED) is 0.368. The Hall–Kier alpha value is -0.870. The van der Waals surface area contributed by atoms with Crippen molar-refractivity contribution < 1.29 is 8.42 Å². The van der Waals surface area contributed by atoms with Crippen molar-refractivity contribution in [3.8, 4) is 0 Å². The van der Waals surface area contributed by atoms with Gasteiger partial charge in [0.05, 0.1) is 11.4 Å². The first-order valence-electron chi connectivity index (χ1n) is 10.1. The van der Waals surface area contributed by atoms with Crippen LogP contribution in [-0.2, 0) is 16.6 Å². The van der Waals surface area contributed by atoms with Crippen molar-refractivity contribution >= 4 is 40.0 Å². The van der Waals surface area contributed by atoms with E-state index in [0.29, 0.717) is 30.4 Å². The number of nitrogens with one attached hydrogen (secondary N) is 1. The number of likely N-dealkylation sites (tertiary alicyclic amines) is 1. The summed E-state index contributed by atoms with van der Waals surface area (Å²) in [5, 5.41) is 3.39. The van der Waals surface area contributed by atoms with Crippen LogP contribution in [0.5, 0.6) is 0 Å². The third-order valence-corrected chi connectivity index (χ3v) is 7.24. The Morgan fingerprint density at radius 2 is 1.82 bits per heavy atom. The molecule has 2 aliphatic rings. The lowest BCUT2D eigenvalue weighted by molar-refractivity contribution is 0.266. The molecule has 0 radical (unpaired) electrons. The molecule has 28 heavy (non-hydrogen) atoms. The van der Waals surface area contributed by atoms with E-state index in [-0.39, 0.29) is 24.0 Å². The molecule has 3 rings (SSSR count). The molecule has 2 aliphatic heterocycles. The van der Waals surface area contributed by atoms with E-state index in [1.165, 1.54) is 12.8 Å². The van der Waals surface area contributed by atoms with E-state index in [4.69, 9.17) is 4.99 Å². The van der Waals surface area contributed by atoms with Gasteiger partial charge in [-0.3, -0.25) is 0 Å². The van der Waals surface area contributed by atoms with Gasteiger partial charge in [-0.1, -0.05) is 19.1 Å². The minimum Gasteiger partial charge on any atom is -0.357 e. The molecule has 2 saturated heterocycles. The van der Waals surface area contributed by atoms with Gasteiger partial charge in [-0.05, 0) is 56.2 Å². The Morgan fingerprint density at radius 3 is 2.43 bits per heavy atom. The summed E-state index contributed by atoms with van der Waals surface area (Å²) >= 11 is 0. The largest absolute Gasteiger partial charge is 0.357 e. The van der Waals surface area contributed by atoms with Gasteiger partial charge in [0.15, 0.2) is 5.96 Å². The molecule has 1 aromatic rings. The molecule has 1 unspecified atom stereocenters. The van der Waals surface area contributed by atoms with Crippen LogP contribution in [0.3, 0.4) is 0 Å². The highest BCUT2D eigenvalue weighted by Gasteiger charge is 2.26. The van der Waals surface area contributed by atoms with Crippen molar-refractivity contribution in [2.45, 2.75) is 51.0 Å². The summed E-state index contributed by atoms with van der Waals surface area (Å²) in [4.78, 5) is 7.50. The van der Waals surface area contributed by atoms with Gasteiger partial charge in [-0.25, -0.2) is 13.4 Å². The van der Waals surface area contributed by atoms with Gasteiger partial charge in [-0.2, -0.15) is 4.31 Å². The molecule has 8 heteroatoms. The molecule has 0 aromatic heterocycles. The molecule has 0 spiro atoms. The lowest BCUT2D eigenvalue weighted by Gasteiger charge is -2.33. The second-order valence-electron chi connectivity index (χ2n) is 7.62. The second-order valence-corrected chi connectivity index (χ2v) is 9.56. The third kappa shape index (κ3) is 5.82. The van der Waals surface area contributed by atoms with Crippen molar-refractivity contribution in [3.63, 3.8) is 0 Å².